The van der Waals surface area contributed by atoms with Gasteiger partial charge < -0.3 is 10.2 Å². The molecule has 0 aliphatic rings. The molecule has 30 heavy (non-hydrogen) atoms. The molecule has 0 aliphatic carbocycles. The first kappa shape index (κ1) is 27.3. The van der Waals surface area contributed by atoms with E-state index < -0.39 is 0 Å². The third kappa shape index (κ3) is 15.3. The maximum Gasteiger partial charge on any atom is -0.0809 e. The fourth-order valence-corrected chi connectivity index (χ4v) is 2.14. The van der Waals surface area contributed by atoms with E-state index >= 15 is 0 Å². The van der Waals surface area contributed by atoms with E-state index in [-0.39, 0.29) is 11.5 Å². The Labute approximate surface area is 192 Å². The van der Waals surface area contributed by atoms with Gasteiger partial charge in [-0.3, -0.25) is 0 Å². The quantitative estimate of drug-likeness (QED) is 0.205. The first-order valence-corrected chi connectivity index (χ1v) is 10.3. The predicted molar refractivity (Wildman–Crippen MR) is 125 cm³/mol. The van der Waals surface area contributed by atoms with Gasteiger partial charge in [-0.25, -0.2) is 0 Å². The molecule has 0 saturated carbocycles. The third-order valence-electron chi connectivity index (χ3n) is 3.10. The number of rotatable bonds is 0. The molecular weight excluding hydrogens is 404 g/mol. The molecule has 0 N–H and O–H groups in total. The molecule has 0 radical (unpaired) electrons. The van der Waals surface area contributed by atoms with E-state index in [2.05, 4.69) is 132 Å². The molecule has 0 atom stereocenters. The van der Waals surface area contributed by atoms with Gasteiger partial charge in [0.2, 0.25) is 0 Å². The normalized spacial score (nSPS) is 8.73. The number of hydrogen-bond donors (Lipinski definition) is 0. The van der Waals surface area contributed by atoms with Crippen LogP contribution in [0.3, 0.4) is 0 Å². The Hall–Kier alpha value is -2.68. The summed E-state index contributed by atoms with van der Waals surface area (Å²) in [6.07, 6.45) is 0. The SMILES string of the molecule is C=C(C)[O-].C=C(C)[O-].C[C](C)=[Ti+2].c1ccc2[cH-]ccc2c1.c1ccc2[cH-]ccc2c1. The molecule has 0 amide bonds. The zero-order chi connectivity index (χ0) is 22.9. The second-order valence-electron chi connectivity index (χ2n) is 6.71. The van der Waals surface area contributed by atoms with Crippen molar-refractivity contribution in [2.75, 3.05) is 0 Å². The summed E-state index contributed by atoms with van der Waals surface area (Å²) in [7, 11) is 0. The maximum atomic E-state index is 9.33. The zero-order valence-electron chi connectivity index (χ0n) is 18.3. The van der Waals surface area contributed by atoms with Crippen molar-refractivity contribution in [3.05, 3.63) is 110 Å². The molecule has 0 bridgehead atoms. The average Bonchev–Trinajstić information content (AvgIpc) is 3.30. The largest absolute Gasteiger partial charge is 0.168 e. The summed E-state index contributed by atoms with van der Waals surface area (Å²) in [6.45, 7) is 13.0. The minimum Gasteiger partial charge on any atom is -0.168 e. The molecule has 4 aromatic carbocycles. The van der Waals surface area contributed by atoms with Crippen LogP contribution < -0.4 is 10.2 Å². The van der Waals surface area contributed by atoms with Gasteiger partial charge in [0.15, 0.2) is 0 Å². The summed E-state index contributed by atoms with van der Waals surface area (Å²) in [6, 6.07) is 29.3. The van der Waals surface area contributed by atoms with E-state index in [1.54, 1.807) is 0 Å². The van der Waals surface area contributed by atoms with Gasteiger partial charge in [0.05, 0.1) is 0 Å². The van der Waals surface area contributed by atoms with Gasteiger partial charge in [-0.05, 0) is 0 Å². The van der Waals surface area contributed by atoms with Crippen LogP contribution >= 0.6 is 0 Å². The van der Waals surface area contributed by atoms with Crippen molar-refractivity contribution >= 4 is 25.4 Å². The molecule has 4 rings (SSSR count). The molecule has 4 aromatic rings. The van der Waals surface area contributed by atoms with Crippen molar-refractivity contribution in [3.63, 3.8) is 0 Å². The first-order chi connectivity index (χ1) is 14.1. The average molecular weight is 434 g/mol. The summed E-state index contributed by atoms with van der Waals surface area (Å²) in [5.41, 5.74) is 0. The van der Waals surface area contributed by atoms with E-state index in [4.69, 9.17) is 0 Å². The summed E-state index contributed by atoms with van der Waals surface area (Å²) < 4.78 is 1.42. The molecular formula is C27H30O2Ti-2. The molecule has 0 fully saturated rings. The Balaban J connectivity index is 0.000000377. The molecule has 0 aliphatic heterocycles. The van der Waals surface area contributed by atoms with Crippen LogP contribution in [0.15, 0.2) is 110 Å². The van der Waals surface area contributed by atoms with Crippen LogP contribution in [0, 0.1) is 0 Å². The van der Waals surface area contributed by atoms with Crippen LogP contribution in [0.1, 0.15) is 27.7 Å². The summed E-state index contributed by atoms with van der Waals surface area (Å²) in [5.74, 6) is -0.167. The molecule has 0 heterocycles. The molecule has 0 aromatic heterocycles. The van der Waals surface area contributed by atoms with Crippen LogP contribution in [0.5, 0.6) is 0 Å². The number of hydrogen-bond acceptors (Lipinski definition) is 2. The maximum absolute atomic E-state index is 9.33. The van der Waals surface area contributed by atoms with Crippen molar-refractivity contribution in [1.29, 1.82) is 0 Å². The Morgan fingerprint density at radius 3 is 1.20 bits per heavy atom. The minimum absolute atomic E-state index is 0.0833. The molecule has 0 unspecified atom stereocenters. The number of allylic oxidation sites excluding steroid dienone is 2. The van der Waals surface area contributed by atoms with Gasteiger partial charge in [-0.2, -0.15) is 35.0 Å². The van der Waals surface area contributed by atoms with Crippen LogP contribution in [-0.2, 0) is 20.0 Å². The Kier molecular flexibility index (Phi) is 14.7. The molecule has 2 nitrogen and oxygen atoms in total. The summed E-state index contributed by atoms with van der Waals surface area (Å²) in [4.78, 5) is 0. The number of fused-ring (bicyclic) bond motifs is 2. The van der Waals surface area contributed by atoms with Crippen LogP contribution in [0.25, 0.3) is 21.5 Å². The van der Waals surface area contributed by atoms with Gasteiger partial charge >= 0.3 is 37.6 Å². The van der Waals surface area contributed by atoms with E-state index in [1.807, 2.05) is 0 Å². The van der Waals surface area contributed by atoms with Crippen molar-refractivity contribution in [2.24, 2.45) is 0 Å². The fourth-order valence-electron chi connectivity index (χ4n) is 2.14. The van der Waals surface area contributed by atoms with Crippen molar-refractivity contribution in [2.45, 2.75) is 27.7 Å². The topological polar surface area (TPSA) is 46.1 Å². The first-order valence-electron chi connectivity index (χ1n) is 9.51. The van der Waals surface area contributed by atoms with Crippen LogP contribution in [0.4, 0.5) is 0 Å². The van der Waals surface area contributed by atoms with Gasteiger partial charge in [0, 0.05) is 0 Å². The smallest absolute Gasteiger partial charge is 0.0809 e. The third-order valence-corrected chi connectivity index (χ3v) is 3.10. The summed E-state index contributed by atoms with van der Waals surface area (Å²) >= 11 is 2.08. The van der Waals surface area contributed by atoms with Gasteiger partial charge in [0.1, 0.15) is 0 Å². The molecule has 3 heteroatoms. The van der Waals surface area contributed by atoms with E-state index in [9.17, 15) is 10.2 Å². The van der Waals surface area contributed by atoms with Crippen LogP contribution in [-0.4, -0.2) is 3.81 Å². The molecule has 0 spiro atoms. The Morgan fingerprint density at radius 1 is 0.667 bits per heavy atom. The number of benzene rings is 2. The molecule has 156 valence electrons. The molecule has 0 saturated heterocycles. The van der Waals surface area contributed by atoms with Crippen LogP contribution in [0.2, 0.25) is 0 Å². The van der Waals surface area contributed by atoms with Crippen molar-refractivity contribution in [3.8, 4) is 0 Å². The van der Waals surface area contributed by atoms with Gasteiger partial charge in [0.25, 0.3) is 0 Å². The Morgan fingerprint density at radius 2 is 0.933 bits per heavy atom. The van der Waals surface area contributed by atoms with E-state index in [1.165, 1.54) is 39.2 Å². The zero-order valence-corrected chi connectivity index (χ0v) is 19.9. The van der Waals surface area contributed by atoms with Gasteiger partial charge in [-0.15, -0.1) is 84.0 Å². The van der Waals surface area contributed by atoms with Crippen molar-refractivity contribution in [1.82, 2.24) is 0 Å². The predicted octanol–water partition coefficient (Wildman–Crippen LogP) is 5.62. The standard InChI is InChI=1S/2C9H7.2C3H6O.C3H6.Ti/c2*1-2-5-9-7-3-6-8(9)4-1;2*1-3(2)4;1-3-2;/h2*1-7H;2*4H,1H2,2H3;1-2H3;/q2*-1;;;;+2/p-2. The second-order valence-corrected chi connectivity index (χ2v) is 8.27. The van der Waals surface area contributed by atoms with Gasteiger partial charge in [-0.1, -0.05) is 26.0 Å². The minimum atomic E-state index is -0.0833. The van der Waals surface area contributed by atoms with Crippen molar-refractivity contribution < 1.29 is 30.2 Å². The fraction of sp³-hybridized carbons (Fsp3) is 0.148. The van der Waals surface area contributed by atoms with E-state index in [0.717, 1.165) is 0 Å². The van der Waals surface area contributed by atoms with E-state index in [0.29, 0.717) is 0 Å². The summed E-state index contributed by atoms with van der Waals surface area (Å²) in [5, 5.41) is 24.0. The second kappa shape index (κ2) is 16.2. The monoisotopic (exact) mass is 434 g/mol. The Bertz CT molecular complexity index is 854.